The summed E-state index contributed by atoms with van der Waals surface area (Å²) in [7, 11) is 0. The molecule has 0 aliphatic heterocycles. The van der Waals surface area contributed by atoms with Crippen LogP contribution in [-0.2, 0) is 12.8 Å². The molecule has 0 radical (unpaired) electrons. The van der Waals surface area contributed by atoms with Gasteiger partial charge in [-0.2, -0.15) is 0 Å². The van der Waals surface area contributed by atoms with Crippen LogP contribution in [0, 0.1) is 0 Å². The summed E-state index contributed by atoms with van der Waals surface area (Å²) in [6.07, 6.45) is 6.56. The average Bonchev–Trinajstić information content (AvgIpc) is 2.93. The number of hydrogen-bond acceptors (Lipinski definition) is 2. The molecular formula is C20H20O2. The largest absolute Gasteiger partial charge is 0.490 e. The zero-order valence-electron chi connectivity index (χ0n) is 12.8. The van der Waals surface area contributed by atoms with Crippen molar-refractivity contribution in [3.8, 4) is 5.75 Å². The van der Waals surface area contributed by atoms with Gasteiger partial charge in [-0.3, -0.25) is 4.79 Å². The smallest absolute Gasteiger partial charge is 0.163 e. The van der Waals surface area contributed by atoms with Crippen LogP contribution < -0.4 is 4.74 Å². The topological polar surface area (TPSA) is 26.3 Å². The van der Waals surface area contributed by atoms with Crippen LogP contribution in [0.15, 0.2) is 48.5 Å². The van der Waals surface area contributed by atoms with Gasteiger partial charge in [-0.15, -0.1) is 0 Å². The first kappa shape index (κ1) is 14.6. The van der Waals surface area contributed by atoms with Gasteiger partial charge in [-0.1, -0.05) is 37.3 Å². The third-order valence-corrected chi connectivity index (χ3v) is 4.04. The van der Waals surface area contributed by atoms with Crippen LogP contribution in [0.3, 0.4) is 0 Å². The number of ketones is 1. The minimum Gasteiger partial charge on any atom is -0.490 e. The molecule has 112 valence electrons. The second-order valence-electron chi connectivity index (χ2n) is 5.55. The first-order valence-electron chi connectivity index (χ1n) is 7.80. The van der Waals surface area contributed by atoms with Crippen LogP contribution in [0.25, 0.3) is 6.08 Å². The maximum Gasteiger partial charge on any atom is 0.163 e. The molecule has 0 saturated carbocycles. The fourth-order valence-electron chi connectivity index (χ4n) is 2.71. The zero-order chi connectivity index (χ0) is 15.4. The van der Waals surface area contributed by atoms with Crippen molar-refractivity contribution < 1.29 is 9.53 Å². The second-order valence-corrected chi connectivity index (χ2v) is 5.55. The van der Waals surface area contributed by atoms with Gasteiger partial charge in [0, 0.05) is 12.0 Å². The Morgan fingerprint density at radius 3 is 2.68 bits per heavy atom. The lowest BCUT2D eigenvalue weighted by molar-refractivity contribution is 0.0994. The summed E-state index contributed by atoms with van der Waals surface area (Å²) in [5.74, 6) is 1.14. The van der Waals surface area contributed by atoms with E-state index in [2.05, 4.69) is 31.2 Å². The van der Waals surface area contributed by atoms with E-state index in [1.54, 1.807) is 0 Å². The van der Waals surface area contributed by atoms with Crippen molar-refractivity contribution in [1.29, 1.82) is 0 Å². The molecule has 0 atom stereocenters. The van der Waals surface area contributed by atoms with Gasteiger partial charge in [0.15, 0.2) is 5.78 Å². The zero-order valence-corrected chi connectivity index (χ0v) is 12.8. The molecule has 2 aromatic rings. The molecule has 0 amide bonds. The number of hydrogen-bond donors (Lipinski definition) is 0. The van der Waals surface area contributed by atoms with Crippen molar-refractivity contribution in [1.82, 2.24) is 0 Å². The van der Waals surface area contributed by atoms with Crippen LogP contribution in [0.2, 0.25) is 0 Å². The number of carbonyl (C=O) groups excluding carboxylic acids is 1. The number of rotatable bonds is 5. The Bertz CT molecular complexity index is 696. The van der Waals surface area contributed by atoms with E-state index in [9.17, 15) is 4.79 Å². The molecule has 0 fully saturated rings. The molecule has 3 rings (SSSR count). The molecule has 0 unspecified atom stereocenters. The molecule has 1 aliphatic rings. The van der Waals surface area contributed by atoms with E-state index < -0.39 is 0 Å². The van der Waals surface area contributed by atoms with Gasteiger partial charge in [0.1, 0.15) is 12.4 Å². The highest BCUT2D eigenvalue weighted by molar-refractivity contribution is 6.00. The van der Waals surface area contributed by atoms with E-state index in [1.165, 1.54) is 11.1 Å². The van der Waals surface area contributed by atoms with Crippen molar-refractivity contribution in [3.05, 3.63) is 70.8 Å². The monoisotopic (exact) mass is 292 g/mol. The van der Waals surface area contributed by atoms with Crippen molar-refractivity contribution in [2.45, 2.75) is 26.2 Å². The Kier molecular flexibility index (Phi) is 4.38. The van der Waals surface area contributed by atoms with E-state index in [1.807, 2.05) is 30.4 Å². The Morgan fingerprint density at radius 2 is 1.91 bits per heavy atom. The van der Waals surface area contributed by atoms with Crippen LogP contribution in [-0.4, -0.2) is 12.4 Å². The molecule has 22 heavy (non-hydrogen) atoms. The van der Waals surface area contributed by atoms with Gasteiger partial charge in [0.25, 0.3) is 0 Å². The molecule has 0 saturated heterocycles. The maximum atomic E-state index is 11.7. The molecular weight excluding hydrogens is 272 g/mol. The summed E-state index contributed by atoms with van der Waals surface area (Å²) in [5.41, 5.74) is 4.43. The summed E-state index contributed by atoms with van der Waals surface area (Å²) in [4.78, 5) is 11.7. The Labute approximate surface area is 131 Å². The van der Waals surface area contributed by atoms with E-state index in [0.29, 0.717) is 13.0 Å². The summed E-state index contributed by atoms with van der Waals surface area (Å²) < 4.78 is 5.69. The number of Topliss-reactive ketones (excluding diaryl/α,β-unsaturated/α-hetero) is 1. The van der Waals surface area contributed by atoms with Gasteiger partial charge in [-0.05, 0) is 53.8 Å². The van der Waals surface area contributed by atoms with E-state index in [-0.39, 0.29) is 5.78 Å². The van der Waals surface area contributed by atoms with Gasteiger partial charge in [-0.25, -0.2) is 0 Å². The van der Waals surface area contributed by atoms with Crippen LogP contribution in [0.5, 0.6) is 5.75 Å². The van der Waals surface area contributed by atoms with E-state index in [4.69, 9.17) is 4.74 Å². The normalized spacial score (nSPS) is 13.6. The number of ether oxygens (including phenoxy) is 1. The van der Waals surface area contributed by atoms with E-state index in [0.717, 1.165) is 29.7 Å². The summed E-state index contributed by atoms with van der Waals surface area (Å²) in [6.45, 7) is 2.66. The first-order chi connectivity index (χ1) is 10.8. The van der Waals surface area contributed by atoms with Crippen molar-refractivity contribution >= 4 is 11.9 Å². The average molecular weight is 292 g/mol. The van der Waals surface area contributed by atoms with Gasteiger partial charge in [0.2, 0.25) is 0 Å². The Hall–Kier alpha value is -2.35. The molecule has 1 aliphatic carbocycles. The molecule has 2 aromatic carbocycles. The minimum absolute atomic E-state index is 0.262. The van der Waals surface area contributed by atoms with Gasteiger partial charge in [0.05, 0.1) is 0 Å². The highest BCUT2D eigenvalue weighted by Crippen LogP contribution is 2.23. The number of carbonyl (C=O) groups is 1. The third-order valence-electron chi connectivity index (χ3n) is 4.04. The van der Waals surface area contributed by atoms with Crippen molar-refractivity contribution in [3.63, 3.8) is 0 Å². The highest BCUT2D eigenvalue weighted by Gasteiger charge is 2.18. The fraction of sp³-hybridized carbons (Fsp3) is 0.250. The molecule has 0 bridgehead atoms. The lowest BCUT2D eigenvalue weighted by Gasteiger charge is -2.04. The highest BCUT2D eigenvalue weighted by atomic mass is 16.5. The molecule has 0 heterocycles. The molecule has 0 aromatic heterocycles. The summed E-state index contributed by atoms with van der Waals surface area (Å²) in [6, 6.07) is 14.3. The number of fused-ring (bicyclic) bond motifs is 1. The lowest BCUT2D eigenvalue weighted by atomic mass is 10.1. The van der Waals surface area contributed by atoms with E-state index >= 15 is 0 Å². The second kappa shape index (κ2) is 6.61. The Morgan fingerprint density at radius 1 is 1.09 bits per heavy atom. The van der Waals surface area contributed by atoms with Crippen LogP contribution in [0.1, 0.15) is 40.4 Å². The molecule has 0 spiro atoms. The molecule has 2 nitrogen and oxygen atoms in total. The summed E-state index contributed by atoms with van der Waals surface area (Å²) >= 11 is 0. The van der Waals surface area contributed by atoms with Crippen molar-refractivity contribution in [2.24, 2.45) is 0 Å². The lowest BCUT2D eigenvalue weighted by Crippen LogP contribution is -1.94. The SMILES string of the molecule is CCc1ccc(OC/C=C/c2ccc3c(c2)C(=O)CC3)cc1. The fourth-order valence-corrected chi connectivity index (χ4v) is 2.71. The van der Waals surface area contributed by atoms with Crippen molar-refractivity contribution in [2.75, 3.05) is 6.61 Å². The molecule has 2 heteroatoms. The molecule has 0 N–H and O–H groups in total. The first-order valence-corrected chi connectivity index (χ1v) is 7.80. The standard InChI is InChI=1S/C20H20O2/c1-2-15-6-10-18(11-7-15)22-13-3-4-16-5-8-17-9-12-20(21)19(17)14-16/h3-8,10-11,14H,2,9,12-13H2,1H3/b4-3+. The Balaban J connectivity index is 1.58. The third kappa shape index (κ3) is 3.28. The summed E-state index contributed by atoms with van der Waals surface area (Å²) in [5, 5.41) is 0. The van der Waals surface area contributed by atoms with Crippen LogP contribution in [0.4, 0.5) is 0 Å². The predicted octanol–water partition coefficient (Wildman–Crippen LogP) is 4.47. The number of benzene rings is 2. The van der Waals surface area contributed by atoms with Gasteiger partial charge < -0.3 is 4.74 Å². The number of aryl methyl sites for hydroxylation is 2. The van der Waals surface area contributed by atoms with Crippen LogP contribution >= 0.6 is 0 Å². The quantitative estimate of drug-likeness (QED) is 0.812. The van der Waals surface area contributed by atoms with Gasteiger partial charge >= 0.3 is 0 Å². The maximum absolute atomic E-state index is 11.7. The minimum atomic E-state index is 0.262. The predicted molar refractivity (Wildman–Crippen MR) is 89.4 cm³/mol.